The topological polar surface area (TPSA) is 83.2 Å². The van der Waals surface area contributed by atoms with E-state index in [1.54, 1.807) is 19.5 Å². The van der Waals surface area contributed by atoms with Crippen LogP contribution in [0.5, 0.6) is 0 Å². The lowest BCUT2D eigenvalue weighted by Gasteiger charge is -2.32. The molecule has 0 aliphatic carbocycles. The van der Waals surface area contributed by atoms with Crippen molar-refractivity contribution in [1.29, 1.82) is 0 Å². The lowest BCUT2D eigenvalue weighted by atomic mass is 10.0. The second kappa shape index (κ2) is 7.62. The van der Waals surface area contributed by atoms with Gasteiger partial charge in [0, 0.05) is 68.1 Å². The number of nitrogens with two attached hydrogens (primary N) is 1. The summed E-state index contributed by atoms with van der Waals surface area (Å²) in [6.07, 6.45) is 4.61. The summed E-state index contributed by atoms with van der Waals surface area (Å²) < 4.78 is 26.9. The summed E-state index contributed by atoms with van der Waals surface area (Å²) in [5.74, 6) is -1.90. The predicted molar refractivity (Wildman–Crippen MR) is 112 cm³/mol. The van der Waals surface area contributed by atoms with Gasteiger partial charge in [0.15, 0.2) is 0 Å². The number of alkyl halides is 2. The number of pyridine rings is 1. The van der Waals surface area contributed by atoms with Crippen molar-refractivity contribution in [2.75, 3.05) is 25.0 Å². The van der Waals surface area contributed by atoms with Gasteiger partial charge in [-0.2, -0.15) is 5.10 Å². The first-order chi connectivity index (χ1) is 14.0. The first kappa shape index (κ1) is 19.0. The average Bonchev–Trinajstić information content (AvgIpc) is 3.15. The molecule has 1 aliphatic rings. The molecule has 150 valence electrons. The molecule has 0 bridgehead atoms. The lowest BCUT2D eigenvalue weighted by Crippen LogP contribution is -2.39. The monoisotopic (exact) mass is 396 g/mol. The van der Waals surface area contributed by atoms with Crippen molar-refractivity contribution < 1.29 is 8.78 Å². The number of hydrogen-bond donors (Lipinski definition) is 2. The molecule has 0 radical (unpaired) electrons. The number of H-pyrrole nitrogens is 1. The van der Waals surface area contributed by atoms with Crippen molar-refractivity contribution >= 4 is 28.5 Å². The van der Waals surface area contributed by atoms with Gasteiger partial charge in [0.05, 0.1) is 5.52 Å². The zero-order valence-corrected chi connectivity index (χ0v) is 16.1. The fourth-order valence-corrected chi connectivity index (χ4v) is 3.57. The molecule has 3 aromatic rings. The maximum atomic E-state index is 13.5. The summed E-state index contributed by atoms with van der Waals surface area (Å²) in [6, 6.07) is 9.69. The lowest BCUT2D eigenvalue weighted by molar-refractivity contribution is -0.0221. The second-order valence-electron chi connectivity index (χ2n) is 7.09. The summed E-state index contributed by atoms with van der Waals surface area (Å²) in [7, 11) is 1.69. The van der Waals surface area contributed by atoms with Crippen molar-refractivity contribution in [2.45, 2.75) is 18.8 Å². The van der Waals surface area contributed by atoms with Crippen LogP contribution in [0, 0.1) is 0 Å². The van der Waals surface area contributed by atoms with Gasteiger partial charge in [-0.1, -0.05) is 6.07 Å². The van der Waals surface area contributed by atoms with Gasteiger partial charge in [0.1, 0.15) is 11.5 Å². The van der Waals surface area contributed by atoms with E-state index in [1.807, 2.05) is 35.2 Å². The number of aromatic nitrogens is 3. The minimum Gasteiger partial charge on any atom is -0.404 e. The number of aliphatic imine (C=N–C) groups is 1. The number of nitrogens with one attached hydrogen (secondary N) is 1. The number of nitrogens with zero attached hydrogens (tertiary/aromatic N) is 4. The molecule has 0 unspecified atom stereocenters. The maximum Gasteiger partial charge on any atom is 0.251 e. The van der Waals surface area contributed by atoms with E-state index in [1.165, 1.54) is 6.20 Å². The predicted octanol–water partition coefficient (Wildman–Crippen LogP) is 3.86. The van der Waals surface area contributed by atoms with Crippen molar-refractivity contribution in [1.82, 2.24) is 15.2 Å². The molecule has 0 amide bonds. The van der Waals surface area contributed by atoms with Crippen molar-refractivity contribution in [3.05, 3.63) is 48.3 Å². The van der Waals surface area contributed by atoms with Crippen molar-refractivity contribution in [3.63, 3.8) is 0 Å². The summed E-state index contributed by atoms with van der Waals surface area (Å²) in [6.45, 7) is 0.575. The number of halogens is 2. The largest absolute Gasteiger partial charge is 0.404 e. The summed E-state index contributed by atoms with van der Waals surface area (Å²) in [5, 5.41) is 8.46. The number of anilines is 1. The molecule has 0 saturated carbocycles. The van der Waals surface area contributed by atoms with Gasteiger partial charge in [-0.25, -0.2) is 13.8 Å². The summed E-state index contributed by atoms with van der Waals surface area (Å²) in [4.78, 5) is 10.3. The van der Waals surface area contributed by atoms with Crippen molar-refractivity contribution in [2.24, 2.45) is 10.7 Å². The zero-order valence-electron chi connectivity index (χ0n) is 16.1. The highest BCUT2D eigenvalue weighted by atomic mass is 19.3. The van der Waals surface area contributed by atoms with E-state index in [0.717, 1.165) is 33.3 Å². The van der Waals surface area contributed by atoms with Crippen LogP contribution in [-0.2, 0) is 0 Å². The van der Waals surface area contributed by atoms with Gasteiger partial charge in [-0.05, 0) is 29.8 Å². The molecule has 1 fully saturated rings. The molecule has 8 heteroatoms. The summed E-state index contributed by atoms with van der Waals surface area (Å²) in [5.41, 5.74) is 10.0. The van der Waals surface area contributed by atoms with E-state index in [9.17, 15) is 8.78 Å². The van der Waals surface area contributed by atoms with Gasteiger partial charge < -0.3 is 10.6 Å². The van der Waals surface area contributed by atoms with Gasteiger partial charge in [0.25, 0.3) is 5.92 Å². The van der Waals surface area contributed by atoms with Gasteiger partial charge in [0.2, 0.25) is 0 Å². The molecule has 1 saturated heterocycles. The molecule has 29 heavy (non-hydrogen) atoms. The average molecular weight is 396 g/mol. The molecule has 0 atom stereocenters. The van der Waals surface area contributed by atoms with Crippen LogP contribution in [0.15, 0.2) is 47.7 Å². The standard InChI is InChI=1S/C21H22F2N6/c1-25-13-16(12-24)14-2-3-18-17(10-14)20(28-27-18)15-4-7-26-19(11-15)29-8-5-21(22,23)6-9-29/h2-4,7,10-13H,5-6,8-9,24H2,1H3,(H,27,28). The Morgan fingerprint density at radius 2 is 2.03 bits per heavy atom. The number of benzene rings is 1. The van der Waals surface area contributed by atoms with E-state index >= 15 is 0 Å². The van der Waals surface area contributed by atoms with Crippen LogP contribution in [0.25, 0.3) is 27.7 Å². The molecule has 4 rings (SSSR count). The van der Waals surface area contributed by atoms with Crippen LogP contribution in [0.4, 0.5) is 14.6 Å². The molecular weight excluding hydrogens is 374 g/mol. The quantitative estimate of drug-likeness (QED) is 0.656. The number of piperidine rings is 1. The molecule has 2 aromatic heterocycles. The minimum atomic E-state index is -2.58. The van der Waals surface area contributed by atoms with Crippen LogP contribution in [-0.4, -0.2) is 47.5 Å². The Morgan fingerprint density at radius 3 is 2.76 bits per heavy atom. The normalized spacial score (nSPS) is 17.3. The minimum absolute atomic E-state index is 0.152. The number of fused-ring (bicyclic) bond motifs is 1. The van der Waals surface area contributed by atoms with E-state index in [-0.39, 0.29) is 25.9 Å². The third-order valence-electron chi connectivity index (χ3n) is 5.18. The highest BCUT2D eigenvalue weighted by Crippen LogP contribution is 2.33. The van der Waals surface area contributed by atoms with Crippen molar-refractivity contribution in [3.8, 4) is 11.3 Å². The highest BCUT2D eigenvalue weighted by Gasteiger charge is 2.34. The SMILES string of the molecule is CN=CC(=CN)c1ccc2[nH]nc(-c3ccnc(N4CCC(F)(F)CC4)c3)c2c1. The summed E-state index contributed by atoms with van der Waals surface area (Å²) >= 11 is 0. The number of hydrogen-bond acceptors (Lipinski definition) is 5. The first-order valence-electron chi connectivity index (χ1n) is 9.42. The molecule has 1 aliphatic heterocycles. The number of rotatable bonds is 4. The Balaban J connectivity index is 1.70. The molecule has 1 aromatic carbocycles. The highest BCUT2D eigenvalue weighted by molar-refractivity contribution is 6.11. The Kier molecular flexibility index (Phi) is 5.00. The first-order valence-corrected chi connectivity index (χ1v) is 9.42. The van der Waals surface area contributed by atoms with Gasteiger partial charge in [-0.15, -0.1) is 0 Å². The van der Waals surface area contributed by atoms with Crippen LogP contribution >= 0.6 is 0 Å². The Hall–Kier alpha value is -3.29. The van der Waals surface area contributed by atoms with Crippen LogP contribution < -0.4 is 10.6 Å². The fraction of sp³-hybridized carbons (Fsp3) is 0.286. The van der Waals surface area contributed by atoms with Crippen LogP contribution in [0.2, 0.25) is 0 Å². The molecule has 0 spiro atoms. The van der Waals surface area contributed by atoms with Crippen LogP contribution in [0.3, 0.4) is 0 Å². The molecule has 3 N–H and O–H groups in total. The Labute approximate surface area is 167 Å². The van der Waals surface area contributed by atoms with E-state index in [4.69, 9.17) is 5.73 Å². The number of aromatic amines is 1. The second-order valence-corrected chi connectivity index (χ2v) is 7.09. The Morgan fingerprint density at radius 1 is 1.24 bits per heavy atom. The number of allylic oxidation sites excluding steroid dienone is 1. The van der Waals surface area contributed by atoms with Gasteiger partial charge in [-0.3, -0.25) is 10.1 Å². The van der Waals surface area contributed by atoms with Gasteiger partial charge >= 0.3 is 0 Å². The zero-order chi connectivity index (χ0) is 20.4. The molecule has 6 nitrogen and oxygen atoms in total. The Bertz CT molecular complexity index is 1080. The van der Waals surface area contributed by atoms with Crippen LogP contribution in [0.1, 0.15) is 18.4 Å². The fourth-order valence-electron chi connectivity index (χ4n) is 3.57. The molecular formula is C21H22F2N6. The van der Waals surface area contributed by atoms with E-state index in [0.29, 0.717) is 5.82 Å². The third kappa shape index (κ3) is 3.83. The maximum absolute atomic E-state index is 13.5. The smallest absolute Gasteiger partial charge is 0.251 e. The third-order valence-corrected chi connectivity index (χ3v) is 5.18. The van der Waals surface area contributed by atoms with E-state index < -0.39 is 5.92 Å². The molecule has 3 heterocycles. The van der Waals surface area contributed by atoms with E-state index in [2.05, 4.69) is 20.2 Å².